The van der Waals surface area contributed by atoms with Crippen LogP contribution >= 0.6 is 11.6 Å². The number of urea groups is 1. The molecule has 138 valence electrons. The summed E-state index contributed by atoms with van der Waals surface area (Å²) in [5.41, 5.74) is 0.683. The topological polar surface area (TPSA) is 102 Å². The number of imide groups is 1. The second-order valence-corrected chi connectivity index (χ2v) is 5.61. The number of halogens is 2. The van der Waals surface area contributed by atoms with E-state index in [9.17, 15) is 18.8 Å². The Labute approximate surface area is 153 Å². The Bertz CT molecular complexity index is 851. The molecule has 0 aliphatic heterocycles. The van der Waals surface area contributed by atoms with Crippen LogP contribution in [0.1, 0.15) is 23.0 Å². The van der Waals surface area contributed by atoms with Crippen molar-refractivity contribution in [2.24, 2.45) is 0 Å². The Morgan fingerprint density at radius 2 is 1.88 bits per heavy atom. The molecule has 0 saturated heterocycles. The van der Waals surface area contributed by atoms with Gasteiger partial charge < -0.3 is 10.1 Å². The molecular formula is C16H16ClFN4O4. The number of benzene rings is 1. The summed E-state index contributed by atoms with van der Waals surface area (Å²) in [5.74, 6) is -2.10. The molecule has 0 aliphatic rings. The molecule has 1 heterocycles. The third-order valence-corrected chi connectivity index (χ3v) is 3.75. The normalized spacial score (nSPS) is 11.6. The third kappa shape index (κ3) is 4.17. The second kappa shape index (κ2) is 7.96. The van der Waals surface area contributed by atoms with Crippen molar-refractivity contribution in [3.8, 4) is 5.69 Å². The van der Waals surface area contributed by atoms with E-state index in [0.717, 1.165) is 0 Å². The number of ether oxygens (including phenoxy) is 1. The van der Waals surface area contributed by atoms with Gasteiger partial charge in [-0.2, -0.15) is 5.10 Å². The highest BCUT2D eigenvalue weighted by molar-refractivity contribution is 6.33. The number of nitrogens with one attached hydrogen (secondary N) is 2. The van der Waals surface area contributed by atoms with Crippen LogP contribution in [0.25, 0.3) is 5.69 Å². The van der Waals surface area contributed by atoms with Gasteiger partial charge in [0.25, 0.3) is 5.91 Å². The highest BCUT2D eigenvalue weighted by atomic mass is 35.5. The fraction of sp³-hybridized carbons (Fsp3) is 0.250. The minimum Gasteiger partial charge on any atom is -0.449 e. The molecule has 1 aromatic carbocycles. The number of hydrogen-bond acceptors (Lipinski definition) is 5. The first-order chi connectivity index (χ1) is 12.2. The van der Waals surface area contributed by atoms with E-state index in [2.05, 4.69) is 10.4 Å². The molecule has 0 saturated carbocycles. The molecule has 2 N–H and O–H groups in total. The Kier molecular flexibility index (Phi) is 5.93. The van der Waals surface area contributed by atoms with Crippen LogP contribution in [-0.4, -0.2) is 40.8 Å². The van der Waals surface area contributed by atoms with Gasteiger partial charge in [0.2, 0.25) is 0 Å². The lowest BCUT2D eigenvalue weighted by Gasteiger charge is -2.12. The first kappa shape index (κ1) is 19.4. The first-order valence-electron chi connectivity index (χ1n) is 7.49. The molecule has 10 heteroatoms. The van der Waals surface area contributed by atoms with E-state index in [-0.39, 0.29) is 16.4 Å². The Hall–Kier alpha value is -2.94. The predicted octanol–water partition coefficient (Wildman–Crippen LogP) is 1.97. The highest BCUT2D eigenvalue weighted by Gasteiger charge is 2.26. The molecule has 0 spiro atoms. The summed E-state index contributed by atoms with van der Waals surface area (Å²) in [5, 5.41) is 8.30. The van der Waals surface area contributed by atoms with E-state index in [1.54, 1.807) is 0 Å². The van der Waals surface area contributed by atoms with Gasteiger partial charge in [-0.1, -0.05) is 11.6 Å². The second-order valence-electron chi connectivity index (χ2n) is 5.26. The SMILES string of the molecule is CNC(=O)NC(=O)[C@@H](C)OC(=O)c1c(C)nn(-c2ccc(F)cc2)c1Cl. The number of aryl methyl sites for hydroxylation is 1. The van der Waals surface area contributed by atoms with Crippen molar-refractivity contribution < 1.29 is 23.5 Å². The molecule has 2 aromatic rings. The van der Waals surface area contributed by atoms with E-state index in [4.69, 9.17) is 16.3 Å². The van der Waals surface area contributed by atoms with Gasteiger partial charge >= 0.3 is 12.0 Å². The van der Waals surface area contributed by atoms with Crippen molar-refractivity contribution in [3.63, 3.8) is 0 Å². The van der Waals surface area contributed by atoms with Crippen LogP contribution in [0.5, 0.6) is 0 Å². The summed E-state index contributed by atoms with van der Waals surface area (Å²) < 4.78 is 19.3. The van der Waals surface area contributed by atoms with E-state index in [1.165, 1.54) is 49.8 Å². The minimum atomic E-state index is -1.23. The molecule has 0 radical (unpaired) electrons. The van der Waals surface area contributed by atoms with Crippen molar-refractivity contribution in [2.45, 2.75) is 20.0 Å². The van der Waals surface area contributed by atoms with Crippen LogP contribution in [0.3, 0.4) is 0 Å². The highest BCUT2D eigenvalue weighted by Crippen LogP contribution is 2.24. The summed E-state index contributed by atoms with van der Waals surface area (Å²) in [7, 11) is 1.34. The van der Waals surface area contributed by atoms with Gasteiger partial charge in [-0.05, 0) is 38.1 Å². The van der Waals surface area contributed by atoms with Gasteiger partial charge in [-0.3, -0.25) is 10.1 Å². The first-order valence-corrected chi connectivity index (χ1v) is 7.87. The maximum absolute atomic E-state index is 13.0. The smallest absolute Gasteiger partial charge is 0.344 e. The zero-order valence-electron chi connectivity index (χ0n) is 14.2. The van der Waals surface area contributed by atoms with Gasteiger partial charge in [-0.25, -0.2) is 18.7 Å². The van der Waals surface area contributed by atoms with Gasteiger partial charge in [0.1, 0.15) is 16.5 Å². The van der Waals surface area contributed by atoms with E-state index >= 15 is 0 Å². The van der Waals surface area contributed by atoms with Crippen LogP contribution in [0.15, 0.2) is 24.3 Å². The predicted molar refractivity (Wildman–Crippen MR) is 90.7 cm³/mol. The number of rotatable bonds is 4. The maximum Gasteiger partial charge on any atom is 0.344 e. The molecule has 0 aliphatic carbocycles. The van der Waals surface area contributed by atoms with Crippen LogP contribution in [0, 0.1) is 12.7 Å². The molecule has 0 unspecified atom stereocenters. The van der Waals surface area contributed by atoms with Gasteiger partial charge in [0.05, 0.1) is 11.4 Å². The van der Waals surface area contributed by atoms with Crippen molar-refractivity contribution in [3.05, 3.63) is 46.5 Å². The summed E-state index contributed by atoms with van der Waals surface area (Å²) >= 11 is 6.21. The summed E-state index contributed by atoms with van der Waals surface area (Å²) in [6, 6.07) is 4.62. The quantitative estimate of drug-likeness (QED) is 0.787. The molecule has 8 nitrogen and oxygen atoms in total. The molecule has 0 fully saturated rings. The average Bonchev–Trinajstić information content (AvgIpc) is 2.89. The fourth-order valence-corrected chi connectivity index (χ4v) is 2.38. The number of carbonyl (C=O) groups excluding carboxylic acids is 3. The zero-order chi connectivity index (χ0) is 19.4. The number of esters is 1. The largest absolute Gasteiger partial charge is 0.449 e. The van der Waals surface area contributed by atoms with Crippen molar-refractivity contribution in [1.29, 1.82) is 0 Å². The lowest BCUT2D eigenvalue weighted by molar-refractivity contribution is -0.127. The molecule has 0 bridgehead atoms. The summed E-state index contributed by atoms with van der Waals surface area (Å²) in [6.45, 7) is 2.85. The van der Waals surface area contributed by atoms with E-state index < -0.39 is 29.8 Å². The molecule has 1 aromatic heterocycles. The maximum atomic E-state index is 13.0. The fourth-order valence-electron chi connectivity index (χ4n) is 2.03. The standard InChI is InChI=1S/C16H16ClFN4O4/c1-8-12(15(24)26-9(2)14(23)20-16(25)19-3)13(17)22(21-8)11-6-4-10(18)5-7-11/h4-7,9H,1-3H3,(H2,19,20,23,25)/t9-/m1/s1. The van der Waals surface area contributed by atoms with Crippen LogP contribution in [-0.2, 0) is 9.53 Å². The number of carbonyl (C=O) groups is 3. The van der Waals surface area contributed by atoms with Gasteiger partial charge in [0, 0.05) is 7.05 Å². The molecule has 3 amide bonds. The van der Waals surface area contributed by atoms with Crippen molar-refractivity contribution in [2.75, 3.05) is 7.05 Å². The van der Waals surface area contributed by atoms with Crippen LogP contribution in [0.4, 0.5) is 9.18 Å². The molecule has 26 heavy (non-hydrogen) atoms. The number of amides is 3. The Morgan fingerprint density at radius 1 is 1.27 bits per heavy atom. The summed E-state index contributed by atoms with van der Waals surface area (Å²) in [6.07, 6.45) is -1.23. The average molecular weight is 383 g/mol. The zero-order valence-corrected chi connectivity index (χ0v) is 14.9. The van der Waals surface area contributed by atoms with Crippen LogP contribution in [0.2, 0.25) is 5.15 Å². The number of hydrogen-bond donors (Lipinski definition) is 2. The Balaban J connectivity index is 2.20. The molecular weight excluding hydrogens is 367 g/mol. The molecule has 1 atom stereocenters. The number of aromatic nitrogens is 2. The van der Waals surface area contributed by atoms with Gasteiger partial charge in [0.15, 0.2) is 6.10 Å². The lowest BCUT2D eigenvalue weighted by atomic mass is 10.2. The molecule has 2 rings (SSSR count). The summed E-state index contributed by atoms with van der Waals surface area (Å²) in [4.78, 5) is 35.3. The van der Waals surface area contributed by atoms with Crippen molar-refractivity contribution in [1.82, 2.24) is 20.4 Å². The van der Waals surface area contributed by atoms with E-state index in [0.29, 0.717) is 5.69 Å². The number of nitrogens with zero attached hydrogens (tertiary/aromatic N) is 2. The van der Waals surface area contributed by atoms with Crippen molar-refractivity contribution >= 4 is 29.5 Å². The monoisotopic (exact) mass is 382 g/mol. The van der Waals surface area contributed by atoms with Crippen LogP contribution < -0.4 is 10.6 Å². The minimum absolute atomic E-state index is 0.0319. The third-order valence-electron chi connectivity index (χ3n) is 3.40. The lowest BCUT2D eigenvalue weighted by Crippen LogP contribution is -2.43. The van der Waals surface area contributed by atoms with Gasteiger partial charge in [-0.15, -0.1) is 0 Å². The van der Waals surface area contributed by atoms with E-state index in [1.807, 2.05) is 5.32 Å². The Morgan fingerprint density at radius 3 is 2.46 bits per heavy atom.